The van der Waals surface area contributed by atoms with E-state index < -0.39 is 0 Å². The SMILES string of the molecule is Cc1ccc(C#CCN)cc1C(=O)NC(C)CCN(C)C. The summed E-state index contributed by atoms with van der Waals surface area (Å²) in [6.45, 7) is 5.22. The van der Waals surface area contributed by atoms with Crippen molar-refractivity contribution >= 4 is 5.91 Å². The number of hydrogen-bond acceptors (Lipinski definition) is 3. The molecule has 3 N–H and O–H groups in total. The number of aryl methyl sites for hydroxylation is 1. The van der Waals surface area contributed by atoms with Crippen molar-refractivity contribution in [1.29, 1.82) is 0 Å². The van der Waals surface area contributed by atoms with Crippen LogP contribution < -0.4 is 11.1 Å². The highest BCUT2D eigenvalue weighted by Gasteiger charge is 2.12. The average Bonchev–Trinajstić information content (AvgIpc) is 2.44. The molecule has 21 heavy (non-hydrogen) atoms. The van der Waals surface area contributed by atoms with Crippen molar-refractivity contribution < 1.29 is 4.79 Å². The summed E-state index contributed by atoms with van der Waals surface area (Å²) in [6, 6.07) is 5.79. The highest BCUT2D eigenvalue weighted by molar-refractivity contribution is 5.96. The van der Waals surface area contributed by atoms with Crippen LogP contribution in [0.4, 0.5) is 0 Å². The lowest BCUT2D eigenvalue weighted by molar-refractivity contribution is 0.0936. The van der Waals surface area contributed by atoms with Gasteiger partial charge in [-0.05, 0) is 58.6 Å². The summed E-state index contributed by atoms with van der Waals surface area (Å²) in [5.41, 5.74) is 7.81. The molecule has 0 radical (unpaired) electrons. The van der Waals surface area contributed by atoms with Crippen LogP contribution in [-0.4, -0.2) is 44.0 Å². The van der Waals surface area contributed by atoms with Crippen molar-refractivity contribution in [2.75, 3.05) is 27.2 Å². The molecule has 4 heteroatoms. The number of hydrogen-bond donors (Lipinski definition) is 2. The third-order valence-corrected chi connectivity index (χ3v) is 3.20. The van der Waals surface area contributed by atoms with Gasteiger partial charge in [-0.15, -0.1) is 0 Å². The Morgan fingerprint density at radius 2 is 2.14 bits per heavy atom. The number of nitrogens with zero attached hydrogens (tertiary/aromatic N) is 1. The van der Waals surface area contributed by atoms with Crippen molar-refractivity contribution in [2.45, 2.75) is 26.3 Å². The molecule has 1 rings (SSSR count). The Morgan fingerprint density at radius 1 is 1.43 bits per heavy atom. The molecular weight excluding hydrogens is 262 g/mol. The summed E-state index contributed by atoms with van der Waals surface area (Å²) in [5, 5.41) is 3.04. The van der Waals surface area contributed by atoms with E-state index in [2.05, 4.69) is 22.1 Å². The second-order valence-electron chi connectivity index (χ2n) is 5.50. The molecule has 0 aliphatic heterocycles. The van der Waals surface area contributed by atoms with E-state index in [-0.39, 0.29) is 11.9 Å². The Hall–Kier alpha value is -1.83. The smallest absolute Gasteiger partial charge is 0.251 e. The van der Waals surface area contributed by atoms with Crippen molar-refractivity contribution in [3.63, 3.8) is 0 Å². The van der Waals surface area contributed by atoms with E-state index in [0.717, 1.165) is 24.1 Å². The van der Waals surface area contributed by atoms with Gasteiger partial charge >= 0.3 is 0 Å². The van der Waals surface area contributed by atoms with Gasteiger partial charge in [0, 0.05) is 17.2 Å². The lowest BCUT2D eigenvalue weighted by atomic mass is 10.0. The third-order valence-electron chi connectivity index (χ3n) is 3.20. The van der Waals surface area contributed by atoms with Crippen LogP contribution >= 0.6 is 0 Å². The number of carbonyl (C=O) groups is 1. The molecule has 0 bridgehead atoms. The lowest BCUT2D eigenvalue weighted by Crippen LogP contribution is -2.35. The predicted octanol–water partition coefficient (Wildman–Crippen LogP) is 1.38. The topological polar surface area (TPSA) is 58.4 Å². The van der Waals surface area contributed by atoms with Gasteiger partial charge in [0.05, 0.1) is 6.54 Å². The number of amides is 1. The second-order valence-corrected chi connectivity index (χ2v) is 5.50. The van der Waals surface area contributed by atoms with Crippen molar-refractivity contribution in [3.05, 3.63) is 34.9 Å². The van der Waals surface area contributed by atoms with Crippen molar-refractivity contribution in [3.8, 4) is 11.8 Å². The third kappa shape index (κ3) is 5.99. The Labute approximate surface area is 127 Å². The van der Waals surface area contributed by atoms with Crippen LogP contribution in [0, 0.1) is 18.8 Å². The summed E-state index contributed by atoms with van der Waals surface area (Å²) in [7, 11) is 4.05. The van der Waals surface area contributed by atoms with E-state index in [0.29, 0.717) is 12.1 Å². The first-order chi connectivity index (χ1) is 9.93. The fourth-order valence-electron chi connectivity index (χ4n) is 1.92. The fourth-order valence-corrected chi connectivity index (χ4v) is 1.92. The minimum atomic E-state index is -0.0462. The summed E-state index contributed by atoms with van der Waals surface area (Å²) in [5.74, 6) is 5.72. The van der Waals surface area contributed by atoms with Gasteiger partial charge in [0.2, 0.25) is 0 Å². The molecule has 0 spiro atoms. The first kappa shape index (κ1) is 17.2. The standard InChI is InChI=1S/C17H25N3O/c1-13-7-8-15(6-5-10-18)12-16(13)17(21)19-14(2)9-11-20(3)4/h7-8,12,14H,9-11,18H2,1-4H3,(H,19,21). The summed E-state index contributed by atoms with van der Waals surface area (Å²) < 4.78 is 0. The molecule has 1 amide bonds. The van der Waals surface area contributed by atoms with E-state index in [1.807, 2.05) is 46.1 Å². The maximum atomic E-state index is 12.3. The summed E-state index contributed by atoms with van der Waals surface area (Å²) >= 11 is 0. The maximum Gasteiger partial charge on any atom is 0.251 e. The van der Waals surface area contributed by atoms with Crippen LogP contribution in [0.2, 0.25) is 0 Å². The van der Waals surface area contributed by atoms with E-state index >= 15 is 0 Å². The van der Waals surface area contributed by atoms with Gasteiger partial charge in [-0.3, -0.25) is 4.79 Å². The number of nitrogens with one attached hydrogen (secondary N) is 1. The normalized spacial score (nSPS) is 11.7. The molecule has 4 nitrogen and oxygen atoms in total. The van der Waals surface area contributed by atoms with Crippen LogP contribution in [0.15, 0.2) is 18.2 Å². The number of nitrogens with two attached hydrogens (primary N) is 1. The molecule has 114 valence electrons. The van der Waals surface area contributed by atoms with Crippen molar-refractivity contribution in [2.24, 2.45) is 5.73 Å². The first-order valence-electron chi connectivity index (χ1n) is 7.19. The van der Waals surface area contributed by atoms with Gasteiger partial charge < -0.3 is 16.0 Å². The monoisotopic (exact) mass is 287 g/mol. The summed E-state index contributed by atoms with van der Waals surface area (Å²) in [4.78, 5) is 14.5. The van der Waals surface area contributed by atoms with E-state index in [4.69, 9.17) is 5.73 Å². The van der Waals surface area contributed by atoms with Gasteiger partial charge in [-0.2, -0.15) is 0 Å². The Kier molecular flexibility index (Phi) is 6.93. The van der Waals surface area contributed by atoms with Gasteiger partial charge in [0.15, 0.2) is 0 Å². The van der Waals surface area contributed by atoms with Crippen LogP contribution in [0.1, 0.15) is 34.8 Å². The van der Waals surface area contributed by atoms with Gasteiger partial charge in [0.25, 0.3) is 5.91 Å². The van der Waals surface area contributed by atoms with Crippen molar-refractivity contribution in [1.82, 2.24) is 10.2 Å². The largest absolute Gasteiger partial charge is 0.350 e. The number of carbonyl (C=O) groups excluding carboxylic acids is 1. The van der Waals surface area contributed by atoms with E-state index in [1.165, 1.54) is 0 Å². The Balaban J connectivity index is 2.77. The van der Waals surface area contributed by atoms with Crippen LogP contribution in [0.25, 0.3) is 0 Å². The molecule has 0 saturated carbocycles. The highest BCUT2D eigenvalue weighted by Crippen LogP contribution is 2.11. The fraction of sp³-hybridized carbons (Fsp3) is 0.471. The quantitative estimate of drug-likeness (QED) is 0.804. The molecule has 0 fully saturated rings. The molecule has 0 aromatic heterocycles. The molecule has 0 saturated heterocycles. The predicted molar refractivity (Wildman–Crippen MR) is 87.2 cm³/mol. The average molecular weight is 287 g/mol. The second kappa shape index (κ2) is 8.46. The maximum absolute atomic E-state index is 12.3. The van der Waals surface area contributed by atoms with Crippen LogP contribution in [-0.2, 0) is 0 Å². The zero-order chi connectivity index (χ0) is 15.8. The Morgan fingerprint density at radius 3 is 2.76 bits per heavy atom. The minimum absolute atomic E-state index is 0.0462. The Bertz CT molecular complexity index is 541. The van der Waals surface area contributed by atoms with Crippen LogP contribution in [0.5, 0.6) is 0 Å². The van der Waals surface area contributed by atoms with E-state index in [9.17, 15) is 4.79 Å². The van der Waals surface area contributed by atoms with E-state index in [1.54, 1.807) is 0 Å². The lowest BCUT2D eigenvalue weighted by Gasteiger charge is -2.17. The molecule has 0 aliphatic carbocycles. The number of rotatable bonds is 5. The molecule has 0 aliphatic rings. The van der Waals surface area contributed by atoms with Gasteiger partial charge in [-0.25, -0.2) is 0 Å². The molecule has 1 aromatic carbocycles. The molecule has 1 unspecified atom stereocenters. The summed E-state index contributed by atoms with van der Waals surface area (Å²) in [6.07, 6.45) is 0.921. The number of benzene rings is 1. The molecule has 1 aromatic rings. The molecule has 1 atom stereocenters. The minimum Gasteiger partial charge on any atom is -0.350 e. The zero-order valence-corrected chi connectivity index (χ0v) is 13.4. The highest BCUT2D eigenvalue weighted by atomic mass is 16.1. The first-order valence-corrected chi connectivity index (χ1v) is 7.19. The van der Waals surface area contributed by atoms with Gasteiger partial charge in [0.1, 0.15) is 0 Å². The molecular formula is C17H25N3O. The zero-order valence-electron chi connectivity index (χ0n) is 13.4. The van der Waals surface area contributed by atoms with Gasteiger partial charge in [-0.1, -0.05) is 17.9 Å². The van der Waals surface area contributed by atoms with Crippen LogP contribution in [0.3, 0.4) is 0 Å². The molecule has 0 heterocycles.